The van der Waals surface area contributed by atoms with Crippen molar-refractivity contribution in [3.8, 4) is 0 Å². The number of fused-ring (bicyclic) bond motifs is 1. The zero-order chi connectivity index (χ0) is 12.5. The number of rotatable bonds is 2. The highest BCUT2D eigenvalue weighted by Gasteiger charge is 2.22. The fourth-order valence-corrected chi connectivity index (χ4v) is 4.51. The van der Waals surface area contributed by atoms with Crippen LogP contribution >= 0.6 is 11.8 Å². The Balaban J connectivity index is 1.69. The first-order valence-electron chi connectivity index (χ1n) is 6.90. The summed E-state index contributed by atoms with van der Waals surface area (Å²) in [6.07, 6.45) is 0. The molecule has 0 aromatic heterocycles. The summed E-state index contributed by atoms with van der Waals surface area (Å²) in [6, 6.07) is 7.01. The van der Waals surface area contributed by atoms with Crippen molar-refractivity contribution in [1.82, 2.24) is 10.2 Å². The molecule has 1 aromatic carbocycles. The molecule has 0 radical (unpaired) electrons. The SMILES string of the molecule is CC1CN(Cc2ccc3c(c2)CNC3)CC(C)S1. The van der Waals surface area contributed by atoms with Gasteiger partial charge in [-0.15, -0.1) is 0 Å². The van der Waals surface area contributed by atoms with E-state index in [9.17, 15) is 0 Å². The first-order chi connectivity index (χ1) is 8.70. The van der Waals surface area contributed by atoms with E-state index in [1.165, 1.54) is 29.8 Å². The van der Waals surface area contributed by atoms with Crippen molar-refractivity contribution in [2.75, 3.05) is 13.1 Å². The normalized spacial score (nSPS) is 28.3. The summed E-state index contributed by atoms with van der Waals surface area (Å²) in [4.78, 5) is 2.61. The number of hydrogen-bond donors (Lipinski definition) is 1. The zero-order valence-electron chi connectivity index (χ0n) is 11.3. The summed E-state index contributed by atoms with van der Waals surface area (Å²) < 4.78 is 0. The van der Waals surface area contributed by atoms with Crippen LogP contribution in [0, 0.1) is 0 Å². The van der Waals surface area contributed by atoms with Crippen molar-refractivity contribution in [3.05, 3.63) is 34.9 Å². The van der Waals surface area contributed by atoms with Gasteiger partial charge in [-0.2, -0.15) is 11.8 Å². The molecule has 3 heteroatoms. The minimum absolute atomic E-state index is 0.768. The molecule has 2 unspecified atom stereocenters. The van der Waals surface area contributed by atoms with E-state index in [1.807, 2.05) is 0 Å². The number of nitrogens with zero attached hydrogens (tertiary/aromatic N) is 1. The monoisotopic (exact) mass is 262 g/mol. The highest BCUT2D eigenvalue weighted by atomic mass is 32.2. The molecule has 0 amide bonds. The Bertz CT molecular complexity index is 423. The van der Waals surface area contributed by atoms with E-state index in [1.54, 1.807) is 0 Å². The van der Waals surface area contributed by atoms with Gasteiger partial charge in [0.15, 0.2) is 0 Å². The maximum atomic E-state index is 3.42. The zero-order valence-corrected chi connectivity index (χ0v) is 12.1. The summed E-state index contributed by atoms with van der Waals surface area (Å²) in [5, 5.41) is 4.95. The van der Waals surface area contributed by atoms with E-state index < -0.39 is 0 Å². The number of nitrogens with one attached hydrogen (secondary N) is 1. The number of hydrogen-bond acceptors (Lipinski definition) is 3. The molecule has 2 nitrogen and oxygen atoms in total. The molecule has 18 heavy (non-hydrogen) atoms. The van der Waals surface area contributed by atoms with Gasteiger partial charge in [-0.05, 0) is 16.7 Å². The van der Waals surface area contributed by atoms with Gasteiger partial charge in [0.1, 0.15) is 0 Å². The highest BCUT2D eigenvalue weighted by molar-refractivity contribution is 8.00. The molecule has 1 aromatic rings. The first-order valence-corrected chi connectivity index (χ1v) is 7.84. The molecular weight excluding hydrogens is 240 g/mol. The number of thioether (sulfide) groups is 1. The third kappa shape index (κ3) is 2.73. The van der Waals surface area contributed by atoms with Crippen LogP contribution in [0.2, 0.25) is 0 Å². The minimum Gasteiger partial charge on any atom is -0.309 e. The van der Waals surface area contributed by atoms with E-state index in [-0.39, 0.29) is 0 Å². The van der Waals surface area contributed by atoms with Gasteiger partial charge in [0, 0.05) is 43.2 Å². The topological polar surface area (TPSA) is 15.3 Å². The Morgan fingerprint density at radius 3 is 2.67 bits per heavy atom. The molecule has 2 atom stereocenters. The Hall–Kier alpha value is -0.510. The quantitative estimate of drug-likeness (QED) is 0.882. The average Bonchev–Trinajstić information content (AvgIpc) is 2.74. The molecule has 1 saturated heterocycles. The van der Waals surface area contributed by atoms with Crippen molar-refractivity contribution in [2.45, 2.75) is 44.0 Å². The van der Waals surface area contributed by atoms with Gasteiger partial charge in [-0.25, -0.2) is 0 Å². The van der Waals surface area contributed by atoms with Gasteiger partial charge < -0.3 is 5.32 Å². The predicted octanol–water partition coefficient (Wildman–Crippen LogP) is 2.62. The molecule has 2 heterocycles. The van der Waals surface area contributed by atoms with Crippen LogP contribution in [0.15, 0.2) is 18.2 Å². The van der Waals surface area contributed by atoms with Crippen molar-refractivity contribution in [1.29, 1.82) is 0 Å². The van der Waals surface area contributed by atoms with Crippen LogP contribution in [0.4, 0.5) is 0 Å². The van der Waals surface area contributed by atoms with Gasteiger partial charge in [0.05, 0.1) is 0 Å². The van der Waals surface area contributed by atoms with Crippen LogP contribution in [0.5, 0.6) is 0 Å². The molecule has 0 aliphatic carbocycles. The Morgan fingerprint density at radius 1 is 1.17 bits per heavy atom. The first kappa shape index (κ1) is 12.5. The Labute approximate surface area is 114 Å². The van der Waals surface area contributed by atoms with Crippen molar-refractivity contribution < 1.29 is 0 Å². The molecule has 0 saturated carbocycles. The van der Waals surface area contributed by atoms with E-state index >= 15 is 0 Å². The third-order valence-corrected chi connectivity index (χ3v) is 5.03. The van der Waals surface area contributed by atoms with Crippen molar-refractivity contribution in [3.63, 3.8) is 0 Å². The second-order valence-electron chi connectivity index (χ2n) is 5.66. The minimum atomic E-state index is 0.768. The molecule has 3 rings (SSSR count). The molecule has 0 spiro atoms. The molecule has 2 aliphatic heterocycles. The Morgan fingerprint density at radius 2 is 1.89 bits per heavy atom. The molecule has 2 aliphatic rings. The highest BCUT2D eigenvalue weighted by Crippen LogP contribution is 2.26. The fourth-order valence-electron chi connectivity index (χ4n) is 3.12. The largest absolute Gasteiger partial charge is 0.309 e. The molecule has 0 bridgehead atoms. The summed E-state index contributed by atoms with van der Waals surface area (Å²) >= 11 is 2.12. The lowest BCUT2D eigenvalue weighted by molar-refractivity contribution is 0.263. The van der Waals surface area contributed by atoms with Crippen LogP contribution < -0.4 is 5.32 Å². The summed E-state index contributed by atoms with van der Waals surface area (Å²) in [5.74, 6) is 0. The van der Waals surface area contributed by atoms with Gasteiger partial charge in [-0.1, -0.05) is 32.0 Å². The van der Waals surface area contributed by atoms with Crippen molar-refractivity contribution in [2.24, 2.45) is 0 Å². The van der Waals surface area contributed by atoms with E-state index in [0.717, 1.165) is 30.1 Å². The molecular formula is C15H22N2S. The smallest absolute Gasteiger partial charge is 0.0234 e. The second kappa shape index (κ2) is 5.24. The van der Waals surface area contributed by atoms with E-state index in [0.29, 0.717) is 0 Å². The lowest BCUT2D eigenvalue weighted by atomic mass is 10.1. The third-order valence-electron chi connectivity index (χ3n) is 3.80. The average molecular weight is 262 g/mol. The number of benzene rings is 1. The predicted molar refractivity (Wildman–Crippen MR) is 78.8 cm³/mol. The second-order valence-corrected chi connectivity index (χ2v) is 7.54. The van der Waals surface area contributed by atoms with E-state index in [4.69, 9.17) is 0 Å². The van der Waals surface area contributed by atoms with Crippen LogP contribution in [0.3, 0.4) is 0 Å². The molecule has 1 N–H and O–H groups in total. The summed E-state index contributed by atoms with van der Waals surface area (Å²) in [5.41, 5.74) is 4.46. The molecule has 98 valence electrons. The maximum absolute atomic E-state index is 3.42. The maximum Gasteiger partial charge on any atom is 0.0234 e. The van der Waals surface area contributed by atoms with Crippen molar-refractivity contribution >= 4 is 11.8 Å². The lowest BCUT2D eigenvalue weighted by Crippen LogP contribution is -2.39. The van der Waals surface area contributed by atoms with Gasteiger partial charge in [0.2, 0.25) is 0 Å². The van der Waals surface area contributed by atoms with E-state index in [2.05, 4.69) is 54.0 Å². The van der Waals surface area contributed by atoms with Gasteiger partial charge in [0.25, 0.3) is 0 Å². The summed E-state index contributed by atoms with van der Waals surface area (Å²) in [6.45, 7) is 10.4. The van der Waals surface area contributed by atoms with Crippen LogP contribution in [0.1, 0.15) is 30.5 Å². The standard InChI is InChI=1S/C15H22N2S/c1-11-8-17(9-12(2)18-11)10-13-3-4-14-6-16-7-15(14)5-13/h3-5,11-12,16H,6-10H2,1-2H3. The van der Waals surface area contributed by atoms with Crippen LogP contribution in [-0.2, 0) is 19.6 Å². The van der Waals surface area contributed by atoms with Gasteiger partial charge in [-0.3, -0.25) is 4.90 Å². The van der Waals surface area contributed by atoms with Gasteiger partial charge >= 0.3 is 0 Å². The molecule has 1 fully saturated rings. The fraction of sp³-hybridized carbons (Fsp3) is 0.600. The van der Waals surface area contributed by atoms with Crippen LogP contribution in [-0.4, -0.2) is 28.5 Å². The Kier molecular flexibility index (Phi) is 3.64. The lowest BCUT2D eigenvalue weighted by Gasteiger charge is -2.34. The van der Waals surface area contributed by atoms with Crippen LogP contribution in [0.25, 0.3) is 0 Å². The summed E-state index contributed by atoms with van der Waals surface area (Å²) in [7, 11) is 0.